The van der Waals surface area contributed by atoms with Gasteiger partial charge >= 0.3 is 12.0 Å². The van der Waals surface area contributed by atoms with Gasteiger partial charge in [0.1, 0.15) is 18.1 Å². The van der Waals surface area contributed by atoms with Gasteiger partial charge < -0.3 is 35.1 Å². The second-order valence-corrected chi connectivity index (χ2v) is 10.9. The number of urea groups is 1. The van der Waals surface area contributed by atoms with E-state index in [-0.39, 0.29) is 24.5 Å². The molecule has 3 N–H and O–H groups in total. The third-order valence-electron chi connectivity index (χ3n) is 7.40. The first-order valence-corrected chi connectivity index (χ1v) is 14.6. The molecule has 4 amide bonds. The normalized spacial score (nSPS) is 18.4. The largest absolute Gasteiger partial charge is 0.467 e. The predicted molar refractivity (Wildman–Crippen MR) is 147 cm³/mol. The van der Waals surface area contributed by atoms with Crippen molar-refractivity contribution >= 4 is 29.6 Å². The van der Waals surface area contributed by atoms with E-state index in [1.807, 2.05) is 6.92 Å². The molecule has 2 unspecified atom stereocenters. The zero-order chi connectivity index (χ0) is 29.5. The quantitative estimate of drug-likeness (QED) is 0.153. The number of unbranched alkanes of at least 4 members (excludes halogenated alkanes) is 1. The van der Waals surface area contributed by atoms with Gasteiger partial charge in [0, 0.05) is 19.7 Å². The average Bonchev–Trinajstić information content (AvgIpc) is 2.96. The van der Waals surface area contributed by atoms with E-state index in [0.717, 1.165) is 44.9 Å². The number of hydrogen-bond donors (Lipinski definition) is 3. The molecule has 0 aromatic heterocycles. The molecule has 0 aromatic rings. The van der Waals surface area contributed by atoms with Crippen molar-refractivity contribution in [2.24, 2.45) is 11.8 Å². The number of rotatable bonds is 15. The number of nitrogens with zero attached hydrogens (tertiary/aromatic N) is 1. The van der Waals surface area contributed by atoms with E-state index in [2.05, 4.69) is 16.0 Å². The third-order valence-corrected chi connectivity index (χ3v) is 7.40. The van der Waals surface area contributed by atoms with E-state index >= 15 is 0 Å². The Kier molecular flexibility index (Phi) is 14.9. The van der Waals surface area contributed by atoms with Crippen molar-refractivity contribution in [3.63, 3.8) is 0 Å². The van der Waals surface area contributed by atoms with Crippen LogP contribution in [-0.4, -0.2) is 99.3 Å². The molecule has 228 valence electrons. The highest BCUT2D eigenvalue weighted by atomic mass is 16.5. The Hall–Kier alpha value is -2.73. The minimum atomic E-state index is -1.29. The topological polar surface area (TPSA) is 152 Å². The standard InChI is InChI=1S/C28H48N4O8/c1-5-6-14-40-18-22(24(33)26(35)31-23(19(2)3)27(36)38-4)29-25(34)21(17-20-10-8-7-9-11-20)30-28(37)32-12-15-39-16-13-32/h19-23H,5-18H2,1-4H3,(H,29,34)(H,30,37)(H,31,35)/t21-,22?,23?/m0/s1. The maximum Gasteiger partial charge on any atom is 0.328 e. The van der Waals surface area contributed by atoms with E-state index in [4.69, 9.17) is 14.2 Å². The van der Waals surface area contributed by atoms with E-state index in [1.54, 1.807) is 18.7 Å². The molecule has 1 saturated carbocycles. The number of amides is 4. The van der Waals surface area contributed by atoms with Crippen LogP contribution in [0.25, 0.3) is 0 Å². The van der Waals surface area contributed by atoms with Crippen molar-refractivity contribution in [1.82, 2.24) is 20.9 Å². The highest BCUT2D eigenvalue weighted by molar-refractivity contribution is 6.38. The summed E-state index contributed by atoms with van der Waals surface area (Å²) in [4.78, 5) is 66.4. The number of ketones is 1. The minimum absolute atomic E-state index is 0.212. The highest BCUT2D eigenvalue weighted by Crippen LogP contribution is 2.27. The van der Waals surface area contributed by atoms with Crippen LogP contribution >= 0.6 is 0 Å². The average molecular weight is 569 g/mol. The maximum atomic E-state index is 13.6. The van der Waals surface area contributed by atoms with Gasteiger partial charge in [0.15, 0.2) is 0 Å². The first-order chi connectivity index (χ1) is 19.2. The molecule has 0 radical (unpaired) electrons. The van der Waals surface area contributed by atoms with Gasteiger partial charge in [-0.3, -0.25) is 14.4 Å². The molecule has 0 spiro atoms. The van der Waals surface area contributed by atoms with Crippen molar-refractivity contribution in [3.8, 4) is 0 Å². The summed E-state index contributed by atoms with van der Waals surface area (Å²) < 4.78 is 15.7. The lowest BCUT2D eigenvalue weighted by Crippen LogP contribution is -2.58. The summed E-state index contributed by atoms with van der Waals surface area (Å²) in [5.41, 5.74) is 0. The van der Waals surface area contributed by atoms with Crippen LogP contribution < -0.4 is 16.0 Å². The molecular weight excluding hydrogens is 520 g/mol. The van der Waals surface area contributed by atoms with E-state index < -0.39 is 41.7 Å². The number of morpholine rings is 1. The van der Waals surface area contributed by atoms with Gasteiger partial charge in [0.2, 0.25) is 11.7 Å². The highest BCUT2D eigenvalue weighted by Gasteiger charge is 2.35. The van der Waals surface area contributed by atoms with E-state index in [9.17, 15) is 24.0 Å². The first kappa shape index (κ1) is 33.5. The lowest BCUT2D eigenvalue weighted by Gasteiger charge is -2.31. The Labute approximate surface area is 237 Å². The summed E-state index contributed by atoms with van der Waals surface area (Å²) in [7, 11) is 1.20. The Morgan fingerprint density at radius 3 is 2.23 bits per heavy atom. The van der Waals surface area contributed by atoms with Crippen LogP contribution in [0.2, 0.25) is 0 Å². The van der Waals surface area contributed by atoms with Crippen LogP contribution in [0, 0.1) is 11.8 Å². The summed E-state index contributed by atoms with van der Waals surface area (Å²) in [6.45, 7) is 7.27. The second-order valence-electron chi connectivity index (χ2n) is 10.9. The van der Waals surface area contributed by atoms with Crippen LogP contribution in [-0.2, 0) is 33.4 Å². The number of ether oxygens (including phenoxy) is 3. The number of methoxy groups -OCH3 is 1. The monoisotopic (exact) mass is 568 g/mol. The maximum absolute atomic E-state index is 13.6. The lowest BCUT2D eigenvalue weighted by atomic mass is 9.84. The van der Waals surface area contributed by atoms with E-state index in [0.29, 0.717) is 39.3 Å². The van der Waals surface area contributed by atoms with Crippen molar-refractivity contribution in [3.05, 3.63) is 0 Å². The molecule has 1 aliphatic heterocycles. The van der Waals surface area contributed by atoms with Crippen LogP contribution in [0.1, 0.15) is 72.1 Å². The Morgan fingerprint density at radius 1 is 0.950 bits per heavy atom. The van der Waals surface area contributed by atoms with Crippen molar-refractivity contribution < 1.29 is 38.2 Å². The zero-order valence-corrected chi connectivity index (χ0v) is 24.5. The molecule has 0 aromatic carbocycles. The van der Waals surface area contributed by atoms with Gasteiger partial charge in [-0.05, 0) is 24.7 Å². The fourth-order valence-electron chi connectivity index (χ4n) is 4.89. The number of esters is 1. The zero-order valence-electron chi connectivity index (χ0n) is 24.5. The Balaban J connectivity index is 2.17. The summed E-state index contributed by atoms with van der Waals surface area (Å²) >= 11 is 0. The molecule has 12 heteroatoms. The molecule has 2 aliphatic rings. The van der Waals surface area contributed by atoms with Gasteiger partial charge in [-0.25, -0.2) is 9.59 Å². The minimum Gasteiger partial charge on any atom is -0.467 e. The molecular formula is C28H48N4O8. The summed E-state index contributed by atoms with van der Waals surface area (Å²) in [6, 6.07) is -3.56. The summed E-state index contributed by atoms with van der Waals surface area (Å²) in [5, 5.41) is 7.96. The van der Waals surface area contributed by atoms with Gasteiger partial charge in [-0.2, -0.15) is 0 Å². The molecule has 0 bridgehead atoms. The number of hydrogen-bond acceptors (Lipinski definition) is 8. The van der Waals surface area contributed by atoms with Gasteiger partial charge in [-0.1, -0.05) is 59.3 Å². The summed E-state index contributed by atoms with van der Waals surface area (Å²) in [5.74, 6) is -3.24. The van der Waals surface area contributed by atoms with Crippen molar-refractivity contribution in [1.29, 1.82) is 0 Å². The molecule has 1 heterocycles. The smallest absolute Gasteiger partial charge is 0.328 e. The van der Waals surface area contributed by atoms with Gasteiger partial charge in [-0.15, -0.1) is 0 Å². The van der Waals surface area contributed by atoms with Crippen LogP contribution in [0.15, 0.2) is 0 Å². The molecule has 2 rings (SSSR count). The molecule has 40 heavy (non-hydrogen) atoms. The summed E-state index contributed by atoms with van der Waals surface area (Å²) in [6.07, 6.45) is 7.27. The number of nitrogens with one attached hydrogen (secondary N) is 3. The molecule has 3 atom stereocenters. The fraction of sp³-hybridized carbons (Fsp3) is 0.821. The van der Waals surface area contributed by atoms with Crippen LogP contribution in [0.3, 0.4) is 0 Å². The Morgan fingerprint density at radius 2 is 1.62 bits per heavy atom. The van der Waals surface area contributed by atoms with Crippen molar-refractivity contribution in [2.45, 2.75) is 90.3 Å². The SMILES string of the molecule is CCCCOCC(NC(=O)[C@H](CC1CCCCC1)NC(=O)N1CCOCC1)C(=O)C(=O)NC(C(=O)OC)C(C)C. The Bertz CT molecular complexity index is 840. The van der Waals surface area contributed by atoms with Crippen LogP contribution in [0.4, 0.5) is 4.79 Å². The molecule has 1 aliphatic carbocycles. The number of carbonyl (C=O) groups excluding carboxylic acids is 5. The predicted octanol–water partition coefficient (Wildman–Crippen LogP) is 1.55. The van der Waals surface area contributed by atoms with E-state index in [1.165, 1.54) is 7.11 Å². The number of carbonyl (C=O) groups is 5. The van der Waals surface area contributed by atoms with Crippen molar-refractivity contribution in [2.75, 3.05) is 46.6 Å². The number of Topliss-reactive ketones (excluding diaryl/α,β-unsaturated/α-hetero) is 1. The second kappa shape index (κ2) is 17.9. The molecule has 1 saturated heterocycles. The van der Waals surface area contributed by atoms with Gasteiger partial charge in [0.25, 0.3) is 5.91 Å². The van der Waals surface area contributed by atoms with Crippen LogP contribution in [0.5, 0.6) is 0 Å². The molecule has 2 fully saturated rings. The first-order valence-electron chi connectivity index (χ1n) is 14.6. The fourth-order valence-corrected chi connectivity index (χ4v) is 4.89. The third kappa shape index (κ3) is 11.0. The van der Waals surface area contributed by atoms with Gasteiger partial charge in [0.05, 0.1) is 26.9 Å². The molecule has 12 nitrogen and oxygen atoms in total. The lowest BCUT2D eigenvalue weighted by molar-refractivity contribution is -0.148.